The third-order valence-electron chi connectivity index (χ3n) is 4.27. The number of amides is 2. The Morgan fingerprint density at radius 2 is 2.00 bits per heavy atom. The van der Waals surface area contributed by atoms with Gasteiger partial charge in [0.25, 0.3) is 5.91 Å². The molecule has 0 bridgehead atoms. The van der Waals surface area contributed by atoms with Gasteiger partial charge in [-0.3, -0.25) is 9.59 Å². The van der Waals surface area contributed by atoms with Crippen LogP contribution in [-0.4, -0.2) is 37.6 Å². The van der Waals surface area contributed by atoms with Gasteiger partial charge in [-0.25, -0.2) is 0 Å². The first-order valence-electron chi connectivity index (χ1n) is 8.60. The van der Waals surface area contributed by atoms with Gasteiger partial charge in [0.05, 0.1) is 6.04 Å². The molecule has 7 heteroatoms. The molecule has 1 aromatic rings. The summed E-state index contributed by atoms with van der Waals surface area (Å²) in [7, 11) is 0. The molecule has 1 atom stereocenters. The van der Waals surface area contributed by atoms with Crippen molar-refractivity contribution in [1.29, 1.82) is 0 Å². The molecule has 6 nitrogen and oxygen atoms in total. The first-order valence-corrected chi connectivity index (χ1v) is 8.60. The molecule has 1 fully saturated rings. The highest BCUT2D eigenvalue weighted by molar-refractivity contribution is 5.94. The summed E-state index contributed by atoms with van der Waals surface area (Å²) >= 11 is 0. The zero-order valence-corrected chi connectivity index (χ0v) is 15.4. The zero-order chi connectivity index (χ0) is 17.4. The quantitative estimate of drug-likeness (QED) is 0.680. The topological polar surface area (TPSA) is 93.5 Å². The molecule has 0 spiro atoms. The minimum absolute atomic E-state index is 0. The van der Waals surface area contributed by atoms with Gasteiger partial charge in [0, 0.05) is 31.9 Å². The van der Waals surface area contributed by atoms with Gasteiger partial charge in [0.15, 0.2) is 0 Å². The number of hydrogen-bond donors (Lipinski definition) is 3. The maximum Gasteiger partial charge on any atom is 0.251 e. The van der Waals surface area contributed by atoms with E-state index in [0.29, 0.717) is 31.9 Å². The van der Waals surface area contributed by atoms with Crippen LogP contribution in [0.1, 0.15) is 42.1 Å². The maximum atomic E-state index is 12.2. The maximum absolute atomic E-state index is 12.2. The fourth-order valence-electron chi connectivity index (χ4n) is 2.76. The number of hydrogen-bond acceptors (Lipinski definition) is 4. The molecule has 0 radical (unpaired) electrons. The van der Waals surface area contributed by atoms with E-state index in [1.54, 1.807) is 12.1 Å². The van der Waals surface area contributed by atoms with Crippen LogP contribution in [0, 0.1) is 5.92 Å². The largest absolute Gasteiger partial charge is 0.381 e. The predicted octanol–water partition coefficient (Wildman–Crippen LogP) is 1.62. The molecule has 0 aromatic heterocycles. The normalized spacial score (nSPS) is 15.8. The second kappa shape index (κ2) is 11.1. The SMILES string of the molecule is CCCNC(=O)c1cccc(CNC(=O)C(N)C2CCOCC2)c1.Cl. The Hall–Kier alpha value is -1.63. The third-order valence-corrected chi connectivity index (χ3v) is 4.27. The summed E-state index contributed by atoms with van der Waals surface area (Å²) in [5.41, 5.74) is 7.54. The predicted molar refractivity (Wildman–Crippen MR) is 99.7 cm³/mol. The number of ether oxygens (including phenoxy) is 1. The van der Waals surface area contributed by atoms with Crippen LogP contribution in [0.3, 0.4) is 0 Å². The van der Waals surface area contributed by atoms with E-state index in [9.17, 15) is 9.59 Å². The third kappa shape index (κ3) is 6.65. The standard InChI is InChI=1S/C18H27N3O3.ClH/c1-2-8-20-17(22)15-5-3-4-13(11-15)12-21-18(23)16(19)14-6-9-24-10-7-14;/h3-5,11,14,16H,2,6-10,12,19H2,1H3,(H,20,22)(H,21,23);1H. The highest BCUT2D eigenvalue weighted by Crippen LogP contribution is 2.17. The Morgan fingerprint density at radius 3 is 2.68 bits per heavy atom. The smallest absolute Gasteiger partial charge is 0.251 e. The van der Waals surface area contributed by atoms with Gasteiger partial charge in [0.1, 0.15) is 0 Å². The van der Waals surface area contributed by atoms with Crippen LogP contribution in [0.5, 0.6) is 0 Å². The van der Waals surface area contributed by atoms with E-state index in [1.165, 1.54) is 0 Å². The highest BCUT2D eigenvalue weighted by atomic mass is 35.5. The summed E-state index contributed by atoms with van der Waals surface area (Å²) in [6, 6.07) is 6.76. The van der Waals surface area contributed by atoms with E-state index >= 15 is 0 Å². The Kier molecular flexibility index (Phi) is 9.49. The molecule has 2 amide bonds. The number of nitrogens with one attached hydrogen (secondary N) is 2. The van der Waals surface area contributed by atoms with Crippen LogP contribution in [0.25, 0.3) is 0 Å². The molecule has 25 heavy (non-hydrogen) atoms. The second-order valence-electron chi connectivity index (χ2n) is 6.15. The fraction of sp³-hybridized carbons (Fsp3) is 0.556. The number of carbonyl (C=O) groups is 2. The lowest BCUT2D eigenvalue weighted by atomic mass is 9.92. The van der Waals surface area contributed by atoms with Crippen molar-refractivity contribution in [2.45, 2.75) is 38.8 Å². The first-order chi connectivity index (χ1) is 11.6. The summed E-state index contributed by atoms with van der Waals surface area (Å²) in [5.74, 6) is -0.0726. The van der Waals surface area contributed by atoms with E-state index in [-0.39, 0.29) is 30.1 Å². The fourth-order valence-corrected chi connectivity index (χ4v) is 2.76. The van der Waals surface area contributed by atoms with Crippen molar-refractivity contribution in [3.8, 4) is 0 Å². The number of rotatable bonds is 7. The van der Waals surface area contributed by atoms with Crippen LogP contribution in [0.2, 0.25) is 0 Å². The minimum Gasteiger partial charge on any atom is -0.381 e. The number of nitrogens with two attached hydrogens (primary N) is 1. The molecular weight excluding hydrogens is 342 g/mol. The van der Waals surface area contributed by atoms with E-state index in [4.69, 9.17) is 10.5 Å². The first kappa shape index (κ1) is 21.4. The molecule has 2 rings (SSSR count). The molecule has 1 aliphatic rings. The van der Waals surface area contributed by atoms with Gasteiger partial charge < -0.3 is 21.1 Å². The summed E-state index contributed by atoms with van der Waals surface area (Å²) < 4.78 is 5.30. The Bertz CT molecular complexity index is 562. The summed E-state index contributed by atoms with van der Waals surface area (Å²) in [6.07, 6.45) is 2.54. The highest BCUT2D eigenvalue weighted by Gasteiger charge is 2.26. The molecule has 0 saturated carbocycles. The lowest BCUT2D eigenvalue weighted by Crippen LogP contribution is -2.46. The van der Waals surface area contributed by atoms with Gasteiger partial charge in [0.2, 0.25) is 5.91 Å². The average Bonchev–Trinajstić information content (AvgIpc) is 2.64. The molecular formula is C18H28ClN3O3. The molecule has 140 valence electrons. The van der Waals surface area contributed by atoms with Crippen molar-refractivity contribution in [1.82, 2.24) is 10.6 Å². The Morgan fingerprint density at radius 1 is 1.28 bits per heavy atom. The van der Waals surface area contributed by atoms with E-state index < -0.39 is 6.04 Å². The van der Waals surface area contributed by atoms with Gasteiger partial charge >= 0.3 is 0 Å². The van der Waals surface area contributed by atoms with Crippen molar-refractivity contribution < 1.29 is 14.3 Å². The molecule has 1 unspecified atom stereocenters. The number of halogens is 1. The second-order valence-corrected chi connectivity index (χ2v) is 6.15. The van der Waals surface area contributed by atoms with Crippen molar-refractivity contribution in [2.24, 2.45) is 11.7 Å². The molecule has 1 aromatic carbocycles. The van der Waals surface area contributed by atoms with Crippen LogP contribution < -0.4 is 16.4 Å². The van der Waals surface area contributed by atoms with E-state index in [1.807, 2.05) is 19.1 Å². The summed E-state index contributed by atoms with van der Waals surface area (Å²) in [6.45, 7) is 4.36. The lowest BCUT2D eigenvalue weighted by molar-refractivity contribution is -0.124. The van der Waals surface area contributed by atoms with Gasteiger partial charge in [-0.15, -0.1) is 12.4 Å². The van der Waals surface area contributed by atoms with Crippen molar-refractivity contribution in [3.63, 3.8) is 0 Å². The van der Waals surface area contributed by atoms with E-state index in [0.717, 1.165) is 24.8 Å². The Labute approximate surface area is 155 Å². The monoisotopic (exact) mass is 369 g/mol. The zero-order valence-electron chi connectivity index (χ0n) is 14.6. The van der Waals surface area contributed by atoms with E-state index in [2.05, 4.69) is 10.6 Å². The van der Waals surface area contributed by atoms with Crippen LogP contribution in [-0.2, 0) is 16.1 Å². The summed E-state index contributed by atoms with van der Waals surface area (Å²) in [5, 5.41) is 5.71. The number of benzene rings is 1. The van der Waals surface area contributed by atoms with Crippen molar-refractivity contribution in [2.75, 3.05) is 19.8 Å². The molecule has 1 aliphatic heterocycles. The molecule has 1 heterocycles. The van der Waals surface area contributed by atoms with Gasteiger partial charge in [-0.2, -0.15) is 0 Å². The number of carbonyl (C=O) groups excluding carboxylic acids is 2. The Balaban J connectivity index is 0.00000312. The molecule has 4 N–H and O–H groups in total. The molecule has 1 saturated heterocycles. The minimum atomic E-state index is -0.509. The van der Waals surface area contributed by atoms with Crippen molar-refractivity contribution in [3.05, 3.63) is 35.4 Å². The van der Waals surface area contributed by atoms with Gasteiger partial charge in [-0.05, 0) is 42.9 Å². The lowest BCUT2D eigenvalue weighted by Gasteiger charge is -2.26. The van der Waals surface area contributed by atoms with Crippen LogP contribution >= 0.6 is 12.4 Å². The van der Waals surface area contributed by atoms with Gasteiger partial charge in [-0.1, -0.05) is 19.1 Å². The molecule has 0 aliphatic carbocycles. The average molecular weight is 370 g/mol. The summed E-state index contributed by atoms with van der Waals surface area (Å²) in [4.78, 5) is 24.2. The van der Waals surface area contributed by atoms with Crippen LogP contribution in [0.15, 0.2) is 24.3 Å². The van der Waals surface area contributed by atoms with Crippen LogP contribution in [0.4, 0.5) is 0 Å². The van der Waals surface area contributed by atoms with Crippen molar-refractivity contribution >= 4 is 24.2 Å².